The van der Waals surface area contributed by atoms with E-state index >= 15 is 0 Å². The molecule has 1 unspecified atom stereocenters. The van der Waals surface area contributed by atoms with E-state index in [1.807, 2.05) is 30.3 Å². The fraction of sp³-hybridized carbons (Fsp3) is 0.500. The second-order valence-electron chi connectivity index (χ2n) is 10.1. The number of ether oxygens (including phenoxy) is 2. The molecular formula is C30H41ClN2O3S. The number of nitrogens with two attached hydrogens (primary N) is 1. The van der Waals surface area contributed by atoms with Crippen LogP contribution >= 0.6 is 24.2 Å². The number of fused-ring (bicyclic) bond motifs is 1. The van der Waals surface area contributed by atoms with Gasteiger partial charge in [-0.3, -0.25) is 4.79 Å². The summed E-state index contributed by atoms with van der Waals surface area (Å²) in [6.07, 6.45) is 10.4. The zero-order chi connectivity index (χ0) is 26.6. The van der Waals surface area contributed by atoms with E-state index in [1.165, 1.54) is 5.56 Å². The molecule has 3 atom stereocenters. The van der Waals surface area contributed by atoms with Crippen LogP contribution in [-0.4, -0.2) is 44.6 Å². The molecule has 202 valence electrons. The third-order valence-electron chi connectivity index (χ3n) is 6.92. The van der Waals surface area contributed by atoms with Crippen molar-refractivity contribution in [2.75, 3.05) is 37.5 Å². The number of anilines is 1. The van der Waals surface area contributed by atoms with Crippen LogP contribution in [0, 0.1) is 11.8 Å². The second kappa shape index (κ2) is 15.3. The van der Waals surface area contributed by atoms with Gasteiger partial charge in [-0.1, -0.05) is 42.8 Å². The monoisotopic (exact) mass is 544 g/mol. The zero-order valence-electron chi connectivity index (χ0n) is 22.1. The minimum absolute atomic E-state index is 0.0836. The Morgan fingerprint density at radius 3 is 2.86 bits per heavy atom. The molecule has 1 aliphatic heterocycles. The first-order valence-electron chi connectivity index (χ1n) is 13.3. The maximum Gasteiger partial charge on any atom is 0.248 e. The minimum Gasteiger partial charge on any atom is -0.491 e. The van der Waals surface area contributed by atoms with Crippen LogP contribution in [0.2, 0.25) is 5.02 Å². The van der Waals surface area contributed by atoms with Crippen molar-refractivity contribution in [3.8, 4) is 5.75 Å². The van der Waals surface area contributed by atoms with Gasteiger partial charge in [-0.05, 0) is 86.1 Å². The third-order valence-corrected chi connectivity index (χ3v) is 7.78. The van der Waals surface area contributed by atoms with E-state index in [9.17, 15) is 4.79 Å². The molecule has 1 amide bonds. The van der Waals surface area contributed by atoms with Crippen molar-refractivity contribution < 1.29 is 14.3 Å². The fourth-order valence-electron chi connectivity index (χ4n) is 4.70. The lowest BCUT2D eigenvalue weighted by atomic mass is 9.99. The van der Waals surface area contributed by atoms with Gasteiger partial charge >= 0.3 is 0 Å². The SMILES string of the molecule is CO[C@@H](/C=C/C[C@H](C)CS)CCCN1CC(CCCc2cccc(Cl)c2)COc2ccc(C(N)=O)cc21. The molecule has 0 radical (unpaired) electrons. The number of amides is 1. The molecule has 2 N–H and O–H groups in total. The summed E-state index contributed by atoms with van der Waals surface area (Å²) in [6, 6.07) is 13.6. The molecular weight excluding hydrogens is 504 g/mol. The fourth-order valence-corrected chi connectivity index (χ4v) is 5.06. The van der Waals surface area contributed by atoms with Gasteiger partial charge in [-0.2, -0.15) is 12.6 Å². The number of nitrogens with zero attached hydrogens (tertiary/aromatic N) is 1. The van der Waals surface area contributed by atoms with E-state index in [0.717, 1.165) is 73.8 Å². The number of halogens is 1. The van der Waals surface area contributed by atoms with Crippen molar-refractivity contribution >= 4 is 35.8 Å². The van der Waals surface area contributed by atoms with Gasteiger partial charge in [-0.15, -0.1) is 0 Å². The molecule has 37 heavy (non-hydrogen) atoms. The number of allylic oxidation sites excluding steroid dienone is 1. The minimum atomic E-state index is -0.426. The van der Waals surface area contributed by atoms with E-state index < -0.39 is 5.91 Å². The Labute approximate surface area is 232 Å². The first-order valence-corrected chi connectivity index (χ1v) is 14.3. The second-order valence-corrected chi connectivity index (χ2v) is 10.9. The van der Waals surface area contributed by atoms with E-state index in [2.05, 4.69) is 42.7 Å². The molecule has 7 heteroatoms. The highest BCUT2D eigenvalue weighted by Crippen LogP contribution is 2.34. The van der Waals surface area contributed by atoms with E-state index in [1.54, 1.807) is 13.2 Å². The number of benzene rings is 2. The van der Waals surface area contributed by atoms with Gasteiger partial charge in [0.2, 0.25) is 5.91 Å². The Balaban J connectivity index is 1.64. The Bertz CT molecular complexity index is 1030. The van der Waals surface area contributed by atoms with Crippen LogP contribution in [0.4, 0.5) is 5.69 Å². The summed E-state index contributed by atoms with van der Waals surface area (Å²) in [5.74, 6) is 2.20. The van der Waals surface area contributed by atoms with Crippen molar-refractivity contribution in [1.82, 2.24) is 0 Å². The predicted octanol–water partition coefficient (Wildman–Crippen LogP) is 6.58. The van der Waals surface area contributed by atoms with Crippen LogP contribution in [0.3, 0.4) is 0 Å². The van der Waals surface area contributed by atoms with Crippen LogP contribution in [0.1, 0.15) is 54.9 Å². The summed E-state index contributed by atoms with van der Waals surface area (Å²) >= 11 is 10.5. The number of hydrogen-bond donors (Lipinski definition) is 2. The molecule has 0 spiro atoms. The molecule has 0 saturated heterocycles. The number of methoxy groups -OCH3 is 1. The van der Waals surface area contributed by atoms with E-state index in [-0.39, 0.29) is 6.10 Å². The predicted molar refractivity (Wildman–Crippen MR) is 157 cm³/mol. The first kappa shape index (κ1) is 29.4. The van der Waals surface area contributed by atoms with Crippen LogP contribution in [-0.2, 0) is 11.2 Å². The summed E-state index contributed by atoms with van der Waals surface area (Å²) in [4.78, 5) is 14.2. The van der Waals surface area contributed by atoms with Crippen LogP contribution in [0.25, 0.3) is 0 Å². The van der Waals surface area contributed by atoms with Gasteiger partial charge in [0.1, 0.15) is 5.75 Å². The largest absolute Gasteiger partial charge is 0.491 e. The average Bonchev–Trinajstić information content (AvgIpc) is 3.06. The summed E-state index contributed by atoms with van der Waals surface area (Å²) < 4.78 is 11.9. The molecule has 0 aliphatic carbocycles. The average molecular weight is 545 g/mol. The Morgan fingerprint density at radius 2 is 2.14 bits per heavy atom. The van der Waals surface area contributed by atoms with Crippen LogP contribution in [0.5, 0.6) is 5.75 Å². The first-order chi connectivity index (χ1) is 17.9. The Hall–Kier alpha value is -2.15. The van der Waals surface area contributed by atoms with Gasteiger partial charge in [0.15, 0.2) is 0 Å². The summed E-state index contributed by atoms with van der Waals surface area (Å²) in [5, 5.41) is 0.780. The maximum atomic E-state index is 11.9. The molecule has 0 aromatic heterocycles. The smallest absolute Gasteiger partial charge is 0.248 e. The van der Waals surface area contributed by atoms with Crippen LogP contribution in [0.15, 0.2) is 54.6 Å². The summed E-state index contributed by atoms with van der Waals surface area (Å²) in [7, 11) is 1.77. The van der Waals surface area contributed by atoms with Crippen molar-refractivity contribution in [1.29, 1.82) is 0 Å². The van der Waals surface area contributed by atoms with Crippen LogP contribution < -0.4 is 15.4 Å². The van der Waals surface area contributed by atoms with Gasteiger partial charge in [0.05, 0.1) is 18.4 Å². The molecule has 0 bridgehead atoms. The van der Waals surface area contributed by atoms with Gasteiger partial charge in [0.25, 0.3) is 0 Å². The lowest BCUT2D eigenvalue weighted by Gasteiger charge is -2.27. The van der Waals surface area contributed by atoms with Gasteiger partial charge in [-0.25, -0.2) is 0 Å². The lowest BCUT2D eigenvalue weighted by Crippen LogP contribution is -2.31. The van der Waals surface area contributed by atoms with Gasteiger partial charge in [0, 0.05) is 36.7 Å². The molecule has 2 aromatic rings. The zero-order valence-corrected chi connectivity index (χ0v) is 23.7. The summed E-state index contributed by atoms with van der Waals surface area (Å²) in [5.41, 5.74) is 8.30. The standard InChI is InChI=1S/C30H41ClN2O3S/c1-22(21-37)7-3-12-27(35-2)13-6-16-33-19-24(10-4-8-23-9-5-11-26(31)17-23)20-36-29-15-14-25(30(32)34)18-28(29)33/h3,5,9,11-12,14-15,17-18,22,24,27,37H,4,6-8,10,13,16,19-21H2,1-2H3,(H2,32,34)/b12-3+/t22-,24?,27-/m0/s1. The van der Waals surface area contributed by atoms with Crippen molar-refractivity contribution in [3.63, 3.8) is 0 Å². The number of carbonyl (C=O) groups is 1. The van der Waals surface area contributed by atoms with Crippen molar-refractivity contribution in [2.45, 2.75) is 51.6 Å². The Kier molecular flexibility index (Phi) is 12.2. The number of hydrogen-bond acceptors (Lipinski definition) is 5. The molecule has 2 aromatic carbocycles. The third kappa shape index (κ3) is 9.59. The highest BCUT2D eigenvalue weighted by molar-refractivity contribution is 7.80. The van der Waals surface area contributed by atoms with Crippen molar-refractivity contribution in [2.24, 2.45) is 17.6 Å². The van der Waals surface area contributed by atoms with E-state index in [4.69, 9.17) is 26.8 Å². The summed E-state index contributed by atoms with van der Waals surface area (Å²) in [6.45, 7) is 4.58. The molecule has 3 rings (SSSR count). The highest BCUT2D eigenvalue weighted by atomic mass is 35.5. The number of aryl methyl sites for hydroxylation is 1. The molecule has 1 aliphatic rings. The number of primary amides is 1. The number of carbonyl (C=O) groups excluding carboxylic acids is 1. The maximum absolute atomic E-state index is 11.9. The number of thiol groups is 1. The highest BCUT2D eigenvalue weighted by Gasteiger charge is 2.24. The normalized spacial score (nSPS) is 17.2. The van der Waals surface area contributed by atoms with Crippen molar-refractivity contribution in [3.05, 3.63) is 70.8 Å². The lowest BCUT2D eigenvalue weighted by molar-refractivity contribution is 0.100. The topological polar surface area (TPSA) is 64.8 Å². The Morgan fingerprint density at radius 1 is 1.30 bits per heavy atom. The quantitative estimate of drug-likeness (QED) is 0.208. The molecule has 0 saturated carbocycles. The number of rotatable bonds is 14. The van der Waals surface area contributed by atoms with E-state index in [0.29, 0.717) is 24.0 Å². The molecule has 5 nitrogen and oxygen atoms in total. The van der Waals surface area contributed by atoms with Gasteiger partial charge < -0.3 is 20.1 Å². The molecule has 0 fully saturated rings. The molecule has 1 heterocycles.